The number of quaternary nitrogens is 1. The van der Waals surface area contributed by atoms with Crippen LogP contribution in [0.3, 0.4) is 0 Å². The van der Waals surface area contributed by atoms with Crippen LogP contribution in [0.1, 0.15) is 25.7 Å². The van der Waals surface area contributed by atoms with Crippen LogP contribution in [0.2, 0.25) is 0 Å². The van der Waals surface area contributed by atoms with E-state index in [1.807, 2.05) is 18.2 Å². The monoisotopic (exact) mass is 549 g/mol. The Balaban J connectivity index is 1.22. The molecule has 4 N–H and O–H groups in total. The molecule has 2 aromatic carbocycles. The van der Waals surface area contributed by atoms with Crippen LogP contribution in [0.25, 0.3) is 10.9 Å². The summed E-state index contributed by atoms with van der Waals surface area (Å²) in [4.78, 5) is 23.0. The second-order valence-electron chi connectivity index (χ2n) is 10.2. The molecular formula is C28H34FN8O3+. The number of primary amides is 1. The third-order valence-corrected chi connectivity index (χ3v) is 7.29. The first-order chi connectivity index (χ1) is 19.4. The van der Waals surface area contributed by atoms with Gasteiger partial charge in [0.2, 0.25) is 5.82 Å². The number of amides is 1. The quantitative estimate of drug-likeness (QED) is 0.231. The number of rotatable bonds is 12. The van der Waals surface area contributed by atoms with Gasteiger partial charge >= 0.3 is 0 Å². The number of nitrogens with two attached hydrogens (primary N) is 1. The zero-order valence-electron chi connectivity index (χ0n) is 22.2. The predicted molar refractivity (Wildman–Crippen MR) is 149 cm³/mol. The lowest BCUT2D eigenvalue weighted by Gasteiger charge is -2.31. The largest absolute Gasteiger partial charge is 0.493 e. The van der Waals surface area contributed by atoms with E-state index in [9.17, 15) is 9.18 Å². The second kappa shape index (κ2) is 12.5. The molecule has 3 heterocycles. The highest BCUT2D eigenvalue weighted by Gasteiger charge is 2.38. The third kappa shape index (κ3) is 6.58. The van der Waals surface area contributed by atoms with Crippen molar-refractivity contribution in [2.45, 2.75) is 25.7 Å². The van der Waals surface area contributed by atoms with E-state index >= 15 is 0 Å². The number of benzene rings is 2. The third-order valence-electron chi connectivity index (χ3n) is 7.29. The maximum atomic E-state index is 13.9. The highest BCUT2D eigenvalue weighted by Crippen LogP contribution is 2.32. The number of ether oxygens (including phenoxy) is 1. The number of carbonyl (C=O) groups is 1. The average Bonchev–Trinajstić information content (AvgIpc) is 3.35. The topological polar surface area (TPSA) is 138 Å². The molecule has 3 aromatic rings. The highest BCUT2D eigenvalue weighted by molar-refractivity contribution is 5.90. The number of likely N-dealkylation sites (tertiary alicyclic amines) is 1. The van der Waals surface area contributed by atoms with Crippen molar-refractivity contribution in [2.75, 3.05) is 44.7 Å². The minimum absolute atomic E-state index is 0.217. The Hall–Kier alpha value is -4.00. The SMILES string of the molecule is NC(=O)C[N+]1(c2cccc(F)c2)C=C(Nc2ncnc3cc(OCCCN4CCC(CCO)CC4)ccc23)N=N1. The summed E-state index contributed by atoms with van der Waals surface area (Å²) in [6.07, 6.45) is 7.17. The Morgan fingerprint density at radius 1 is 1.20 bits per heavy atom. The van der Waals surface area contributed by atoms with Crippen LogP contribution in [0.5, 0.6) is 5.75 Å². The molecule has 1 atom stereocenters. The van der Waals surface area contributed by atoms with Gasteiger partial charge in [0, 0.05) is 42.0 Å². The summed E-state index contributed by atoms with van der Waals surface area (Å²) in [5, 5.41) is 21.4. The number of hydrogen-bond acceptors (Lipinski definition) is 9. The zero-order valence-corrected chi connectivity index (χ0v) is 22.2. The molecule has 0 spiro atoms. The van der Waals surface area contributed by atoms with Crippen molar-refractivity contribution in [3.63, 3.8) is 0 Å². The van der Waals surface area contributed by atoms with Crippen LogP contribution in [0.4, 0.5) is 15.9 Å². The van der Waals surface area contributed by atoms with E-state index in [0.29, 0.717) is 35.4 Å². The van der Waals surface area contributed by atoms with Crippen molar-refractivity contribution < 1.29 is 19.0 Å². The summed E-state index contributed by atoms with van der Waals surface area (Å²) in [6, 6.07) is 11.4. The van der Waals surface area contributed by atoms with Crippen molar-refractivity contribution in [2.24, 2.45) is 22.0 Å². The number of aliphatic hydroxyl groups excluding tert-OH is 1. The molecule has 5 rings (SSSR count). The predicted octanol–water partition coefficient (Wildman–Crippen LogP) is 3.72. The number of carbonyl (C=O) groups excluding carboxylic acids is 1. The Morgan fingerprint density at radius 2 is 2.05 bits per heavy atom. The molecule has 2 aliphatic rings. The number of aliphatic hydroxyl groups is 1. The maximum absolute atomic E-state index is 13.9. The molecule has 40 heavy (non-hydrogen) atoms. The van der Waals surface area contributed by atoms with Crippen molar-refractivity contribution in [1.82, 2.24) is 19.5 Å². The molecule has 210 valence electrons. The molecule has 0 saturated carbocycles. The Morgan fingerprint density at radius 3 is 2.83 bits per heavy atom. The smallest absolute Gasteiger partial charge is 0.276 e. The number of nitrogens with one attached hydrogen (secondary N) is 1. The number of hydrogen-bond donors (Lipinski definition) is 3. The molecule has 0 bridgehead atoms. The van der Waals surface area contributed by atoms with Crippen LogP contribution in [0, 0.1) is 11.7 Å². The minimum Gasteiger partial charge on any atom is -0.493 e. The molecule has 1 unspecified atom stereocenters. The first-order valence-electron chi connectivity index (χ1n) is 13.5. The molecule has 1 fully saturated rings. The summed E-state index contributed by atoms with van der Waals surface area (Å²) in [6.45, 7) is 3.81. The molecule has 2 aliphatic heterocycles. The van der Waals surface area contributed by atoms with Crippen LogP contribution in [0.15, 0.2) is 71.2 Å². The van der Waals surface area contributed by atoms with Crippen LogP contribution < -0.4 is 20.4 Å². The molecular weight excluding hydrogens is 515 g/mol. The van der Waals surface area contributed by atoms with Gasteiger partial charge in [-0.2, -0.15) is 0 Å². The fourth-order valence-electron chi connectivity index (χ4n) is 5.20. The van der Waals surface area contributed by atoms with E-state index in [-0.39, 0.29) is 13.2 Å². The molecule has 1 aromatic heterocycles. The maximum Gasteiger partial charge on any atom is 0.276 e. The minimum atomic E-state index is -0.608. The van der Waals surface area contributed by atoms with Gasteiger partial charge in [-0.25, -0.2) is 14.4 Å². The van der Waals surface area contributed by atoms with Gasteiger partial charge in [0.15, 0.2) is 18.4 Å². The summed E-state index contributed by atoms with van der Waals surface area (Å²) in [5.74, 6) is 1.15. The van der Waals surface area contributed by atoms with Gasteiger partial charge in [0.25, 0.3) is 5.91 Å². The summed E-state index contributed by atoms with van der Waals surface area (Å²) < 4.78 is 19.5. The Kier molecular flexibility index (Phi) is 8.58. The van der Waals surface area contributed by atoms with Crippen molar-refractivity contribution in [3.05, 3.63) is 66.6 Å². The standard InChI is InChI=1S/C28H33FN8O3/c29-21-3-1-4-22(15-21)37(17-26(30)39)18-27(34-35-37)33-28-24-6-5-23(16-25(24)31-19-32-28)40-14-2-10-36-11-7-20(8-12-36)9-13-38/h1,3-6,15-16,18-20,38H,2,7-14,17H2,(H2-,30,31,32,33,39)/p+1. The number of anilines is 1. The fraction of sp³-hybridized carbons (Fsp3) is 0.393. The molecule has 11 nitrogen and oxygen atoms in total. The normalized spacial score (nSPS) is 19.6. The van der Waals surface area contributed by atoms with E-state index in [2.05, 4.69) is 30.5 Å². The number of piperidine rings is 1. The van der Waals surface area contributed by atoms with Gasteiger partial charge in [0.1, 0.15) is 23.7 Å². The van der Waals surface area contributed by atoms with Gasteiger partial charge in [-0.1, -0.05) is 11.2 Å². The lowest BCUT2D eigenvalue weighted by atomic mass is 9.94. The number of nitrogens with zero attached hydrogens (tertiary/aromatic N) is 6. The molecule has 12 heteroatoms. The lowest BCUT2D eigenvalue weighted by molar-refractivity contribution is -0.118. The van der Waals surface area contributed by atoms with E-state index in [4.69, 9.17) is 15.6 Å². The first kappa shape index (κ1) is 27.6. The van der Waals surface area contributed by atoms with Gasteiger partial charge < -0.3 is 25.8 Å². The molecule has 0 aliphatic carbocycles. The van der Waals surface area contributed by atoms with Crippen LogP contribution in [-0.4, -0.2) is 65.3 Å². The van der Waals surface area contributed by atoms with Crippen molar-refractivity contribution in [3.8, 4) is 5.75 Å². The van der Waals surface area contributed by atoms with Gasteiger partial charge in [-0.3, -0.25) is 4.79 Å². The Labute approximate surface area is 231 Å². The van der Waals surface area contributed by atoms with Crippen LogP contribution >= 0.6 is 0 Å². The second-order valence-corrected chi connectivity index (χ2v) is 10.2. The summed E-state index contributed by atoms with van der Waals surface area (Å²) in [5.41, 5.74) is 6.58. The number of fused-ring (bicyclic) bond motifs is 1. The fourth-order valence-corrected chi connectivity index (χ4v) is 5.20. The van der Waals surface area contributed by atoms with Gasteiger partial charge in [-0.15, -0.1) is 4.59 Å². The Bertz CT molecular complexity index is 1410. The summed E-state index contributed by atoms with van der Waals surface area (Å²) >= 11 is 0. The van der Waals surface area contributed by atoms with Gasteiger partial charge in [0.05, 0.1) is 12.1 Å². The summed E-state index contributed by atoms with van der Waals surface area (Å²) in [7, 11) is 0. The first-order valence-corrected chi connectivity index (χ1v) is 13.5. The van der Waals surface area contributed by atoms with E-state index < -0.39 is 16.3 Å². The number of aromatic nitrogens is 2. The van der Waals surface area contributed by atoms with Crippen molar-refractivity contribution >= 4 is 28.3 Å². The molecule has 0 radical (unpaired) electrons. The van der Waals surface area contributed by atoms with Crippen molar-refractivity contribution in [1.29, 1.82) is 0 Å². The van der Waals surface area contributed by atoms with E-state index in [1.165, 1.54) is 18.5 Å². The van der Waals surface area contributed by atoms with Crippen LogP contribution in [-0.2, 0) is 4.79 Å². The number of halogens is 1. The molecule has 1 amide bonds. The van der Waals surface area contributed by atoms with E-state index in [1.54, 1.807) is 18.3 Å². The zero-order chi connectivity index (χ0) is 28.0. The highest BCUT2D eigenvalue weighted by atomic mass is 19.1. The van der Waals surface area contributed by atoms with Gasteiger partial charge in [-0.05, 0) is 62.9 Å². The lowest BCUT2D eigenvalue weighted by Crippen LogP contribution is -2.44. The van der Waals surface area contributed by atoms with E-state index in [0.717, 1.165) is 56.5 Å². The average molecular weight is 550 g/mol. The molecule has 1 saturated heterocycles.